The van der Waals surface area contributed by atoms with Gasteiger partial charge in [-0.05, 0) is 70.6 Å². The molecule has 1 aliphatic heterocycles. The Morgan fingerprint density at radius 1 is 1.05 bits per heavy atom. The minimum atomic E-state index is 0.422. The van der Waals surface area contributed by atoms with Gasteiger partial charge in [0.1, 0.15) is 0 Å². The Hall–Kier alpha value is -0.160. The average Bonchev–Trinajstić information content (AvgIpc) is 2.52. The molecule has 1 heterocycles. The first kappa shape index (κ1) is 16.2. The van der Waals surface area contributed by atoms with Crippen LogP contribution in [0.4, 0.5) is 0 Å². The van der Waals surface area contributed by atoms with Gasteiger partial charge in [-0.15, -0.1) is 0 Å². The van der Waals surface area contributed by atoms with Crippen molar-refractivity contribution in [2.24, 2.45) is 23.6 Å². The van der Waals surface area contributed by atoms with Gasteiger partial charge in [0.15, 0.2) is 0 Å². The number of rotatable bonds is 3. The van der Waals surface area contributed by atoms with Gasteiger partial charge in [-0.3, -0.25) is 11.3 Å². The van der Waals surface area contributed by atoms with Crippen LogP contribution in [0.2, 0.25) is 0 Å². The number of hydrogen-bond acceptors (Lipinski definition) is 4. The Morgan fingerprint density at radius 3 is 2.30 bits per heavy atom. The van der Waals surface area contributed by atoms with E-state index in [0.717, 1.165) is 24.3 Å². The fourth-order valence-corrected chi connectivity index (χ4v) is 4.56. The molecule has 1 saturated carbocycles. The maximum absolute atomic E-state index is 5.99. The third kappa shape index (κ3) is 3.94. The summed E-state index contributed by atoms with van der Waals surface area (Å²) < 4.78 is 0. The zero-order chi connectivity index (χ0) is 14.7. The molecule has 0 spiro atoms. The highest BCUT2D eigenvalue weighted by Gasteiger charge is 2.36. The summed E-state index contributed by atoms with van der Waals surface area (Å²) >= 11 is 0. The summed E-state index contributed by atoms with van der Waals surface area (Å²) in [5, 5.41) is 0. The number of hydrogen-bond donors (Lipinski definition) is 2. The van der Waals surface area contributed by atoms with E-state index in [9.17, 15) is 0 Å². The highest BCUT2D eigenvalue weighted by Crippen LogP contribution is 2.36. The maximum atomic E-state index is 5.99. The monoisotopic (exact) mass is 282 g/mol. The third-order valence-electron chi connectivity index (χ3n) is 5.45. The van der Waals surface area contributed by atoms with Crippen molar-refractivity contribution in [3.8, 4) is 0 Å². The Balaban J connectivity index is 2.08. The van der Waals surface area contributed by atoms with Crippen molar-refractivity contribution in [2.45, 2.75) is 51.6 Å². The number of likely N-dealkylation sites (N-methyl/N-ethyl adjacent to an activating group) is 2. The van der Waals surface area contributed by atoms with Crippen LogP contribution in [0, 0.1) is 17.8 Å². The normalized spacial score (nSPS) is 39.5. The van der Waals surface area contributed by atoms with Gasteiger partial charge in [-0.1, -0.05) is 13.8 Å². The summed E-state index contributed by atoms with van der Waals surface area (Å²) in [6.07, 6.45) is 5.30. The molecule has 0 bridgehead atoms. The highest BCUT2D eigenvalue weighted by atomic mass is 15.3. The molecule has 0 aromatic heterocycles. The molecule has 4 heteroatoms. The van der Waals surface area contributed by atoms with Crippen LogP contribution in [0.15, 0.2) is 0 Å². The van der Waals surface area contributed by atoms with Crippen LogP contribution in [-0.2, 0) is 0 Å². The van der Waals surface area contributed by atoms with Crippen molar-refractivity contribution in [2.75, 3.05) is 33.7 Å². The van der Waals surface area contributed by atoms with Crippen LogP contribution in [0.25, 0.3) is 0 Å². The predicted octanol–water partition coefficient (Wildman–Crippen LogP) is 1.53. The molecule has 118 valence electrons. The van der Waals surface area contributed by atoms with Gasteiger partial charge in [-0.25, -0.2) is 0 Å². The molecule has 2 rings (SSSR count). The fraction of sp³-hybridized carbons (Fsp3) is 1.00. The van der Waals surface area contributed by atoms with E-state index in [-0.39, 0.29) is 0 Å². The van der Waals surface area contributed by atoms with Crippen LogP contribution in [0.1, 0.15) is 39.5 Å². The second kappa shape index (κ2) is 7.21. The van der Waals surface area contributed by atoms with E-state index in [1.165, 1.54) is 38.8 Å². The minimum Gasteiger partial charge on any atom is -0.305 e. The molecule has 2 fully saturated rings. The van der Waals surface area contributed by atoms with E-state index >= 15 is 0 Å². The third-order valence-corrected chi connectivity index (χ3v) is 5.45. The first-order valence-electron chi connectivity index (χ1n) is 8.36. The summed E-state index contributed by atoms with van der Waals surface area (Å²) in [4.78, 5) is 4.99. The first-order valence-corrected chi connectivity index (χ1v) is 8.36. The number of hydrazine groups is 1. The van der Waals surface area contributed by atoms with Gasteiger partial charge < -0.3 is 9.80 Å². The summed E-state index contributed by atoms with van der Waals surface area (Å²) in [6.45, 7) is 8.32. The second-order valence-corrected chi connectivity index (χ2v) is 7.53. The second-order valence-electron chi connectivity index (χ2n) is 7.53. The molecule has 0 radical (unpaired) electrons. The van der Waals surface area contributed by atoms with E-state index in [1.807, 2.05) is 0 Å². The lowest BCUT2D eigenvalue weighted by Gasteiger charge is -2.42. The van der Waals surface area contributed by atoms with E-state index in [1.54, 1.807) is 0 Å². The fourth-order valence-electron chi connectivity index (χ4n) is 4.56. The van der Waals surface area contributed by atoms with E-state index in [0.29, 0.717) is 12.1 Å². The zero-order valence-electron chi connectivity index (χ0n) is 13.8. The van der Waals surface area contributed by atoms with Gasteiger partial charge in [-0.2, -0.15) is 0 Å². The molecule has 0 aromatic carbocycles. The molecule has 4 atom stereocenters. The van der Waals surface area contributed by atoms with Crippen molar-refractivity contribution >= 4 is 0 Å². The summed E-state index contributed by atoms with van der Waals surface area (Å²) in [7, 11) is 4.51. The number of nitrogens with zero attached hydrogens (tertiary/aromatic N) is 2. The predicted molar refractivity (Wildman–Crippen MR) is 85.3 cm³/mol. The number of nitrogens with two attached hydrogens (primary N) is 1. The lowest BCUT2D eigenvalue weighted by Crippen LogP contribution is -2.58. The smallest absolute Gasteiger partial charge is 0.0406 e. The average molecular weight is 282 g/mol. The van der Waals surface area contributed by atoms with Crippen LogP contribution < -0.4 is 11.3 Å². The molecule has 0 aromatic rings. The minimum absolute atomic E-state index is 0.422. The molecule has 1 aliphatic carbocycles. The quantitative estimate of drug-likeness (QED) is 0.609. The Kier molecular flexibility index (Phi) is 5.84. The standard InChI is InChI=1S/C16H34N4/c1-12-8-13(2)10-14(9-12)16(18-17)15-11-19(3)6-5-7-20(15)4/h12-16,18H,5-11,17H2,1-4H3. The molecule has 4 nitrogen and oxygen atoms in total. The molecule has 20 heavy (non-hydrogen) atoms. The molecule has 0 amide bonds. The molecule has 4 unspecified atom stereocenters. The molecule has 3 N–H and O–H groups in total. The van der Waals surface area contributed by atoms with E-state index in [4.69, 9.17) is 5.84 Å². The summed E-state index contributed by atoms with van der Waals surface area (Å²) in [5.41, 5.74) is 3.19. The highest BCUT2D eigenvalue weighted by molar-refractivity contribution is 4.93. The van der Waals surface area contributed by atoms with E-state index < -0.39 is 0 Å². The van der Waals surface area contributed by atoms with Gasteiger partial charge in [0, 0.05) is 18.6 Å². The topological polar surface area (TPSA) is 44.5 Å². The molecule has 1 saturated heterocycles. The first-order chi connectivity index (χ1) is 9.51. The van der Waals surface area contributed by atoms with Crippen molar-refractivity contribution in [1.29, 1.82) is 0 Å². The van der Waals surface area contributed by atoms with Crippen molar-refractivity contribution < 1.29 is 0 Å². The largest absolute Gasteiger partial charge is 0.305 e. The van der Waals surface area contributed by atoms with Gasteiger partial charge in [0.2, 0.25) is 0 Å². The van der Waals surface area contributed by atoms with Crippen LogP contribution in [0.3, 0.4) is 0 Å². The maximum Gasteiger partial charge on any atom is 0.0406 e. The Labute approximate surface area is 125 Å². The van der Waals surface area contributed by atoms with Crippen LogP contribution in [-0.4, -0.2) is 55.6 Å². The summed E-state index contributed by atoms with van der Waals surface area (Å²) in [5.74, 6) is 8.39. The van der Waals surface area contributed by atoms with E-state index in [2.05, 4.69) is 43.2 Å². The van der Waals surface area contributed by atoms with Crippen molar-refractivity contribution in [3.63, 3.8) is 0 Å². The lowest BCUT2D eigenvalue weighted by molar-refractivity contribution is 0.0988. The zero-order valence-corrected chi connectivity index (χ0v) is 13.8. The SMILES string of the molecule is CC1CC(C)CC(C(NN)C2CN(C)CCCN2C)C1. The van der Waals surface area contributed by atoms with Gasteiger partial charge in [0.25, 0.3) is 0 Å². The van der Waals surface area contributed by atoms with Crippen molar-refractivity contribution in [1.82, 2.24) is 15.2 Å². The summed E-state index contributed by atoms with van der Waals surface area (Å²) in [6, 6.07) is 0.959. The van der Waals surface area contributed by atoms with Crippen LogP contribution in [0.5, 0.6) is 0 Å². The lowest BCUT2D eigenvalue weighted by atomic mass is 9.72. The molecular formula is C16H34N4. The van der Waals surface area contributed by atoms with Gasteiger partial charge in [0.05, 0.1) is 0 Å². The van der Waals surface area contributed by atoms with Crippen molar-refractivity contribution in [3.05, 3.63) is 0 Å². The van der Waals surface area contributed by atoms with Crippen LogP contribution >= 0.6 is 0 Å². The Morgan fingerprint density at radius 2 is 1.70 bits per heavy atom. The molecular weight excluding hydrogens is 248 g/mol. The van der Waals surface area contributed by atoms with Gasteiger partial charge >= 0.3 is 0 Å². The Bertz CT molecular complexity index is 286. The molecule has 2 aliphatic rings. The number of nitrogens with one attached hydrogen (secondary N) is 1.